The quantitative estimate of drug-likeness (QED) is 0.376. The Morgan fingerprint density at radius 2 is 2.00 bits per heavy atom. The number of halogens is 2. The van der Waals surface area contributed by atoms with E-state index in [-0.39, 0.29) is 11.7 Å². The van der Waals surface area contributed by atoms with Crippen LogP contribution >= 0.6 is 31.9 Å². The first-order valence-corrected chi connectivity index (χ1v) is 9.00. The fourth-order valence-electron chi connectivity index (χ4n) is 1.99. The van der Waals surface area contributed by atoms with E-state index in [1.54, 1.807) is 29.2 Å². The highest BCUT2D eigenvalue weighted by molar-refractivity contribution is 9.11. The molecule has 0 bridgehead atoms. The van der Waals surface area contributed by atoms with Gasteiger partial charge in [0.15, 0.2) is 17.0 Å². The van der Waals surface area contributed by atoms with E-state index in [0.29, 0.717) is 16.9 Å². The third-order valence-corrected chi connectivity index (χ3v) is 4.59. The molecular weight excluding hydrogens is 434 g/mol. The van der Waals surface area contributed by atoms with Crippen molar-refractivity contribution in [1.82, 2.24) is 0 Å². The van der Waals surface area contributed by atoms with E-state index < -0.39 is 11.1 Å². The Morgan fingerprint density at radius 1 is 1.27 bits per heavy atom. The molecule has 0 fully saturated rings. The Hall–Kier alpha value is -1.22. The molecule has 0 amide bonds. The molecule has 1 atom stereocenters. The van der Waals surface area contributed by atoms with Gasteiger partial charge in [-0.25, -0.2) is 4.21 Å². The Kier molecular flexibility index (Phi) is 5.74. The first kappa shape index (κ1) is 17.1. The summed E-state index contributed by atoms with van der Waals surface area (Å²) < 4.78 is 21.6. The van der Waals surface area contributed by atoms with Crippen LogP contribution in [0.15, 0.2) is 51.4 Å². The summed E-state index contributed by atoms with van der Waals surface area (Å²) in [6.07, 6.45) is 0. The van der Waals surface area contributed by atoms with Crippen LogP contribution in [0.5, 0.6) is 0 Å². The minimum Gasteiger partial charge on any atom is -0.369 e. The predicted octanol–water partition coefficient (Wildman–Crippen LogP) is 3.96. The van der Waals surface area contributed by atoms with E-state index >= 15 is 0 Å². The maximum Gasteiger partial charge on any atom is 0.197 e. The Labute approximate surface area is 147 Å². The summed E-state index contributed by atoms with van der Waals surface area (Å²) in [7, 11) is 0. The van der Waals surface area contributed by atoms with Gasteiger partial charge < -0.3 is 10.3 Å². The molecule has 2 aromatic carbocycles. The highest BCUT2D eigenvalue weighted by Crippen LogP contribution is 2.34. The summed E-state index contributed by atoms with van der Waals surface area (Å²) in [5.41, 5.74) is 7.77. The molecule has 22 heavy (non-hydrogen) atoms. The maximum absolute atomic E-state index is 11.0. The monoisotopic (exact) mass is 445 g/mol. The van der Waals surface area contributed by atoms with Gasteiger partial charge in [-0.05, 0) is 51.8 Å². The number of rotatable bonds is 4. The third kappa shape index (κ3) is 4.16. The van der Waals surface area contributed by atoms with Gasteiger partial charge in [0.05, 0.1) is 11.4 Å². The molecule has 0 radical (unpaired) electrons. The van der Waals surface area contributed by atoms with Gasteiger partial charge in [0.25, 0.3) is 0 Å². The number of nitrogens with one attached hydrogen (secondary N) is 1. The van der Waals surface area contributed by atoms with E-state index in [2.05, 4.69) is 31.9 Å². The smallest absolute Gasteiger partial charge is 0.197 e. The van der Waals surface area contributed by atoms with Crippen molar-refractivity contribution in [1.29, 1.82) is 5.41 Å². The first-order chi connectivity index (χ1) is 10.4. The molecule has 0 aliphatic heterocycles. The molecule has 2 rings (SSSR count). The van der Waals surface area contributed by atoms with E-state index in [9.17, 15) is 4.21 Å². The van der Waals surface area contributed by atoms with Crippen LogP contribution in [-0.2, 0) is 16.8 Å². The standard InChI is InChI=1S/C14H13Br2N3O2S/c15-10-4-5-12(16)13(7-10)19(14(17)18)11-3-1-2-9(6-11)8-22(20)21/h1-7H,8H2,(H3,17,18)(H,20,21). The van der Waals surface area contributed by atoms with Crippen molar-refractivity contribution in [3.05, 3.63) is 57.0 Å². The summed E-state index contributed by atoms with van der Waals surface area (Å²) in [5, 5.41) is 7.86. The molecule has 4 N–H and O–H groups in total. The summed E-state index contributed by atoms with van der Waals surface area (Å²) >= 11 is 4.93. The lowest BCUT2D eigenvalue weighted by Crippen LogP contribution is -2.32. The topological polar surface area (TPSA) is 90.4 Å². The minimum atomic E-state index is -1.92. The molecular formula is C14H13Br2N3O2S. The largest absolute Gasteiger partial charge is 0.369 e. The molecule has 2 aromatic rings. The summed E-state index contributed by atoms with van der Waals surface area (Å²) in [6, 6.07) is 12.6. The third-order valence-electron chi connectivity index (χ3n) is 2.85. The van der Waals surface area contributed by atoms with Gasteiger partial charge in [-0.3, -0.25) is 10.3 Å². The fraction of sp³-hybridized carbons (Fsp3) is 0.0714. The Balaban J connectivity index is 2.51. The van der Waals surface area contributed by atoms with Gasteiger partial charge in [-0.15, -0.1) is 0 Å². The number of benzene rings is 2. The second kappa shape index (κ2) is 7.36. The molecule has 0 saturated heterocycles. The van der Waals surface area contributed by atoms with Gasteiger partial charge in [0.2, 0.25) is 0 Å². The summed E-state index contributed by atoms with van der Waals surface area (Å²) in [6.45, 7) is 0. The molecule has 0 aromatic heterocycles. The van der Waals surface area contributed by atoms with Crippen LogP contribution in [0.25, 0.3) is 0 Å². The average molecular weight is 447 g/mol. The van der Waals surface area contributed by atoms with E-state index in [4.69, 9.17) is 15.7 Å². The van der Waals surface area contributed by atoms with Gasteiger partial charge in [-0.2, -0.15) is 0 Å². The van der Waals surface area contributed by atoms with Crippen LogP contribution in [0.4, 0.5) is 11.4 Å². The SMILES string of the molecule is N=C(N)N(c1cccc(CS(=O)O)c1)c1cc(Br)ccc1Br. The molecule has 0 aliphatic carbocycles. The Bertz CT molecular complexity index is 740. The highest BCUT2D eigenvalue weighted by atomic mass is 79.9. The molecule has 1 unspecified atom stereocenters. The molecule has 0 heterocycles. The second-order valence-corrected chi connectivity index (χ2v) is 7.15. The van der Waals surface area contributed by atoms with Gasteiger partial charge in [-0.1, -0.05) is 28.1 Å². The number of anilines is 2. The first-order valence-electron chi connectivity index (χ1n) is 6.14. The van der Waals surface area contributed by atoms with Crippen molar-refractivity contribution in [3.63, 3.8) is 0 Å². The normalized spacial score (nSPS) is 12.0. The number of hydrogen-bond donors (Lipinski definition) is 3. The van der Waals surface area contributed by atoms with Gasteiger partial charge >= 0.3 is 0 Å². The minimum absolute atomic E-state index is 0.0270. The van der Waals surface area contributed by atoms with E-state index in [0.717, 1.165) is 8.95 Å². The van der Waals surface area contributed by atoms with Crippen LogP contribution in [-0.4, -0.2) is 14.7 Å². The number of nitrogens with zero attached hydrogens (tertiary/aromatic N) is 1. The summed E-state index contributed by atoms with van der Waals surface area (Å²) in [4.78, 5) is 1.55. The zero-order valence-corrected chi connectivity index (χ0v) is 15.3. The maximum atomic E-state index is 11.0. The molecule has 0 aliphatic rings. The van der Waals surface area contributed by atoms with Crippen molar-refractivity contribution >= 4 is 60.3 Å². The lowest BCUT2D eigenvalue weighted by Gasteiger charge is -2.24. The van der Waals surface area contributed by atoms with Gasteiger partial charge in [0.1, 0.15) is 0 Å². The molecule has 8 heteroatoms. The lowest BCUT2D eigenvalue weighted by molar-refractivity contribution is 0.563. The Morgan fingerprint density at radius 3 is 2.64 bits per heavy atom. The van der Waals surface area contributed by atoms with Crippen molar-refractivity contribution in [3.8, 4) is 0 Å². The van der Waals surface area contributed by atoms with Crippen LogP contribution in [0.3, 0.4) is 0 Å². The van der Waals surface area contributed by atoms with Crippen LogP contribution in [0, 0.1) is 5.41 Å². The molecule has 5 nitrogen and oxygen atoms in total. The van der Waals surface area contributed by atoms with Crippen molar-refractivity contribution in [2.75, 3.05) is 4.90 Å². The summed E-state index contributed by atoms with van der Waals surface area (Å²) in [5.74, 6) is -0.125. The second-order valence-electron chi connectivity index (χ2n) is 4.45. The van der Waals surface area contributed by atoms with Crippen molar-refractivity contribution in [2.45, 2.75) is 5.75 Å². The van der Waals surface area contributed by atoms with Crippen molar-refractivity contribution in [2.24, 2.45) is 5.73 Å². The number of hydrogen-bond acceptors (Lipinski definition) is 2. The van der Waals surface area contributed by atoms with Gasteiger partial charge in [0, 0.05) is 14.6 Å². The molecule has 0 spiro atoms. The van der Waals surface area contributed by atoms with E-state index in [1.165, 1.54) is 0 Å². The molecule has 0 saturated carbocycles. The average Bonchev–Trinajstić information content (AvgIpc) is 2.42. The molecule has 116 valence electrons. The zero-order chi connectivity index (χ0) is 16.3. The van der Waals surface area contributed by atoms with Crippen LogP contribution < -0.4 is 10.6 Å². The number of nitrogens with two attached hydrogens (primary N) is 1. The van der Waals surface area contributed by atoms with Crippen molar-refractivity contribution < 1.29 is 8.76 Å². The lowest BCUT2D eigenvalue weighted by atomic mass is 10.2. The zero-order valence-electron chi connectivity index (χ0n) is 11.3. The van der Waals surface area contributed by atoms with Crippen LogP contribution in [0.1, 0.15) is 5.56 Å². The number of guanidine groups is 1. The van der Waals surface area contributed by atoms with E-state index in [1.807, 2.05) is 18.2 Å². The fourth-order valence-corrected chi connectivity index (χ4v) is 3.23. The highest BCUT2D eigenvalue weighted by Gasteiger charge is 2.16. The van der Waals surface area contributed by atoms with Crippen LogP contribution in [0.2, 0.25) is 0 Å². The predicted molar refractivity (Wildman–Crippen MR) is 96.8 cm³/mol.